The monoisotopic (exact) mass is 399 g/mol. The number of rotatable bonds is 15. The largest absolute Gasteiger partial charge is 0.311 e. The molecule has 1 aromatic rings. The Morgan fingerprint density at radius 1 is 1.00 bits per heavy atom. The number of nitrogens with zero attached hydrogens (tertiary/aromatic N) is 2. The Kier molecular flexibility index (Phi) is 13.6. The zero-order valence-electron chi connectivity index (χ0n) is 17.4. The lowest BCUT2D eigenvalue weighted by molar-refractivity contribution is -0.385. The fourth-order valence-corrected chi connectivity index (χ4v) is 2.68. The summed E-state index contributed by atoms with van der Waals surface area (Å²) in [4.78, 5) is 25.8. The van der Waals surface area contributed by atoms with Crippen LogP contribution >= 0.6 is 0 Å². The van der Waals surface area contributed by atoms with Gasteiger partial charge in [0, 0.05) is 12.5 Å². The van der Waals surface area contributed by atoms with Crippen molar-refractivity contribution in [2.24, 2.45) is 0 Å². The molecule has 0 fully saturated rings. The Hall–Kier alpha value is -2.76. The molecule has 0 aliphatic carbocycles. The highest BCUT2D eigenvalue weighted by Crippen LogP contribution is 2.13. The molecule has 0 radical (unpaired) electrons. The lowest BCUT2D eigenvalue weighted by Crippen LogP contribution is -2.12. The molecule has 6 nitrogen and oxygen atoms in total. The van der Waals surface area contributed by atoms with Gasteiger partial charge in [-0.15, -0.1) is 0 Å². The van der Waals surface area contributed by atoms with Crippen molar-refractivity contribution in [3.05, 3.63) is 64.9 Å². The molecule has 0 aliphatic rings. The van der Waals surface area contributed by atoms with Crippen molar-refractivity contribution in [1.82, 2.24) is 4.98 Å². The number of unbranched alkanes of at least 4 members (excludes halogenated alkanes) is 5. The van der Waals surface area contributed by atoms with Gasteiger partial charge in [-0.3, -0.25) is 14.9 Å². The van der Waals surface area contributed by atoms with Gasteiger partial charge in [-0.25, -0.2) is 4.98 Å². The SMILES string of the molecule is CC/C=C\C/C=C\C/C=C\CCCCCCCC(=O)Nc1ccc([N+](=O)[O-])cn1. The lowest BCUT2D eigenvalue weighted by Gasteiger charge is -2.04. The molecule has 1 rings (SSSR count). The number of hydrogen-bond acceptors (Lipinski definition) is 4. The molecule has 1 amide bonds. The molecule has 1 heterocycles. The van der Waals surface area contributed by atoms with E-state index in [1.54, 1.807) is 0 Å². The zero-order valence-corrected chi connectivity index (χ0v) is 17.4. The van der Waals surface area contributed by atoms with Crippen molar-refractivity contribution in [3.8, 4) is 0 Å². The number of nitrogens with one attached hydrogen (secondary N) is 1. The number of nitro groups is 1. The van der Waals surface area contributed by atoms with Crippen LogP contribution in [0.1, 0.15) is 71.1 Å². The van der Waals surface area contributed by atoms with E-state index in [9.17, 15) is 14.9 Å². The van der Waals surface area contributed by atoms with Gasteiger partial charge in [0.2, 0.25) is 5.91 Å². The molecule has 0 saturated heterocycles. The fourth-order valence-electron chi connectivity index (χ4n) is 2.68. The molecule has 0 aromatic carbocycles. The molecule has 0 bridgehead atoms. The summed E-state index contributed by atoms with van der Waals surface area (Å²) in [6.45, 7) is 2.14. The van der Waals surface area contributed by atoms with Crippen LogP contribution in [0.15, 0.2) is 54.8 Å². The molecular formula is C23H33N3O3. The van der Waals surface area contributed by atoms with Gasteiger partial charge in [-0.2, -0.15) is 0 Å². The van der Waals surface area contributed by atoms with Crippen molar-refractivity contribution in [2.45, 2.75) is 71.1 Å². The summed E-state index contributed by atoms with van der Waals surface area (Å²) in [5.74, 6) is 0.243. The highest BCUT2D eigenvalue weighted by atomic mass is 16.6. The Bertz CT molecular complexity index is 679. The van der Waals surface area contributed by atoms with Gasteiger partial charge in [0.25, 0.3) is 5.69 Å². The van der Waals surface area contributed by atoms with Gasteiger partial charge in [0.05, 0.1) is 4.92 Å². The van der Waals surface area contributed by atoms with Gasteiger partial charge >= 0.3 is 0 Å². The van der Waals surface area contributed by atoms with Crippen LogP contribution in [0.2, 0.25) is 0 Å². The Morgan fingerprint density at radius 2 is 1.66 bits per heavy atom. The van der Waals surface area contributed by atoms with E-state index in [4.69, 9.17) is 0 Å². The molecule has 1 aromatic heterocycles. The van der Waals surface area contributed by atoms with Gasteiger partial charge < -0.3 is 5.32 Å². The third-order valence-electron chi connectivity index (χ3n) is 4.28. The van der Waals surface area contributed by atoms with Crippen molar-refractivity contribution >= 4 is 17.4 Å². The van der Waals surface area contributed by atoms with Crippen molar-refractivity contribution in [3.63, 3.8) is 0 Å². The van der Waals surface area contributed by atoms with E-state index < -0.39 is 4.92 Å². The Balaban J connectivity index is 1.98. The first-order valence-electron chi connectivity index (χ1n) is 10.5. The van der Waals surface area contributed by atoms with E-state index in [1.807, 2.05) is 0 Å². The van der Waals surface area contributed by atoms with E-state index in [0.717, 1.165) is 51.1 Å². The number of anilines is 1. The van der Waals surface area contributed by atoms with Crippen LogP contribution in [-0.4, -0.2) is 15.8 Å². The first-order chi connectivity index (χ1) is 14.1. The second kappa shape index (κ2) is 16.2. The van der Waals surface area contributed by atoms with Gasteiger partial charge in [-0.1, -0.05) is 62.6 Å². The highest BCUT2D eigenvalue weighted by Gasteiger charge is 2.07. The van der Waals surface area contributed by atoms with Crippen LogP contribution in [0.3, 0.4) is 0 Å². The van der Waals surface area contributed by atoms with E-state index in [-0.39, 0.29) is 11.6 Å². The second-order valence-electron chi connectivity index (χ2n) is 6.81. The van der Waals surface area contributed by atoms with Crippen LogP contribution < -0.4 is 5.32 Å². The summed E-state index contributed by atoms with van der Waals surface area (Å²) in [6.07, 6.45) is 24.4. The summed E-state index contributed by atoms with van der Waals surface area (Å²) >= 11 is 0. The molecule has 0 spiro atoms. The maximum absolute atomic E-state index is 11.9. The minimum atomic E-state index is -0.515. The van der Waals surface area contributed by atoms with Crippen LogP contribution in [0.4, 0.5) is 11.5 Å². The third-order valence-corrected chi connectivity index (χ3v) is 4.28. The third kappa shape index (κ3) is 13.1. The van der Waals surface area contributed by atoms with Crippen LogP contribution in [0.25, 0.3) is 0 Å². The Labute approximate surface area is 174 Å². The predicted molar refractivity (Wildman–Crippen MR) is 119 cm³/mol. The summed E-state index contributed by atoms with van der Waals surface area (Å²) in [5, 5.41) is 13.2. The molecular weight excluding hydrogens is 366 g/mol. The predicted octanol–water partition coefficient (Wildman–Crippen LogP) is 6.52. The number of carbonyl (C=O) groups is 1. The molecule has 0 atom stereocenters. The first-order valence-corrected chi connectivity index (χ1v) is 10.5. The number of amides is 1. The summed E-state index contributed by atoms with van der Waals surface area (Å²) in [5.41, 5.74) is -0.0888. The minimum Gasteiger partial charge on any atom is -0.311 e. The van der Waals surface area contributed by atoms with Crippen LogP contribution in [0, 0.1) is 10.1 Å². The number of carbonyl (C=O) groups excluding carboxylic acids is 1. The first kappa shape index (κ1) is 24.3. The maximum atomic E-state index is 11.9. The fraction of sp³-hybridized carbons (Fsp3) is 0.478. The van der Waals surface area contributed by atoms with E-state index in [0.29, 0.717) is 12.2 Å². The minimum absolute atomic E-state index is 0.0888. The maximum Gasteiger partial charge on any atom is 0.287 e. The topological polar surface area (TPSA) is 85.1 Å². The van der Waals surface area contributed by atoms with E-state index >= 15 is 0 Å². The number of aromatic nitrogens is 1. The summed E-state index contributed by atoms with van der Waals surface area (Å²) in [6, 6.07) is 2.78. The van der Waals surface area contributed by atoms with Crippen molar-refractivity contribution < 1.29 is 9.72 Å². The molecule has 29 heavy (non-hydrogen) atoms. The standard InChI is InChI=1S/C23H33N3O3/c1-2-3-4-5-6-7-8-9-10-11-12-13-14-15-16-17-23(27)25-22-19-18-21(20-24-22)26(28)29/h3-4,6-7,9-10,18-20H,2,5,8,11-17H2,1H3,(H,24,25,27)/b4-3-,7-6-,10-9-. The van der Waals surface area contributed by atoms with Crippen LogP contribution in [0.5, 0.6) is 0 Å². The normalized spacial score (nSPS) is 11.6. The number of pyridine rings is 1. The molecule has 1 N–H and O–H groups in total. The van der Waals surface area contributed by atoms with Crippen LogP contribution in [-0.2, 0) is 4.79 Å². The van der Waals surface area contributed by atoms with Gasteiger partial charge in [0.15, 0.2) is 0 Å². The summed E-state index contributed by atoms with van der Waals surface area (Å²) in [7, 11) is 0. The molecule has 158 valence electrons. The van der Waals surface area contributed by atoms with Crippen molar-refractivity contribution in [1.29, 1.82) is 0 Å². The van der Waals surface area contributed by atoms with E-state index in [1.165, 1.54) is 25.0 Å². The number of allylic oxidation sites excluding steroid dienone is 6. The molecule has 0 aliphatic heterocycles. The molecule has 0 saturated carbocycles. The second-order valence-corrected chi connectivity index (χ2v) is 6.81. The van der Waals surface area contributed by atoms with E-state index in [2.05, 4.69) is 53.7 Å². The quantitative estimate of drug-likeness (QED) is 0.157. The van der Waals surface area contributed by atoms with Gasteiger partial charge in [0.1, 0.15) is 12.0 Å². The molecule has 0 unspecified atom stereocenters. The average Bonchev–Trinajstić information content (AvgIpc) is 2.71. The lowest BCUT2D eigenvalue weighted by atomic mass is 10.1. The number of hydrogen-bond donors (Lipinski definition) is 1. The smallest absolute Gasteiger partial charge is 0.287 e. The summed E-state index contributed by atoms with van der Waals surface area (Å²) < 4.78 is 0. The molecule has 6 heteroatoms. The Morgan fingerprint density at radius 3 is 2.31 bits per heavy atom. The zero-order chi connectivity index (χ0) is 21.2. The van der Waals surface area contributed by atoms with Crippen molar-refractivity contribution in [2.75, 3.05) is 5.32 Å². The van der Waals surface area contributed by atoms with Gasteiger partial charge in [-0.05, 0) is 44.6 Å². The highest BCUT2D eigenvalue weighted by molar-refractivity contribution is 5.89. The average molecular weight is 400 g/mol.